The lowest BCUT2D eigenvalue weighted by Crippen LogP contribution is -2.79. The lowest BCUT2D eigenvalue weighted by molar-refractivity contribution is -0.505. The van der Waals surface area contributed by atoms with Gasteiger partial charge < -0.3 is 10.8 Å². The summed E-state index contributed by atoms with van der Waals surface area (Å²) in [6.45, 7) is 2.72. The fourth-order valence-electron chi connectivity index (χ4n) is 3.80. The Labute approximate surface area is 159 Å². The Morgan fingerprint density at radius 1 is 1.30 bits per heavy atom. The average molecular weight is 362 g/mol. The first kappa shape index (κ1) is 17.4. The Morgan fingerprint density at radius 2 is 2.07 bits per heavy atom. The largest absolute Gasteiger partial charge is 0.507 e. The van der Waals surface area contributed by atoms with Crippen LogP contribution < -0.4 is 11.1 Å². The predicted molar refractivity (Wildman–Crippen MR) is 105 cm³/mol. The number of piperidine rings is 1. The number of benzene rings is 1. The molecule has 2 aliphatic heterocycles. The maximum atomic E-state index is 10.1. The molecule has 0 bridgehead atoms. The number of hydrogen-bond donors (Lipinski definition) is 3. The molecule has 0 amide bonds. The van der Waals surface area contributed by atoms with Crippen LogP contribution in [-0.4, -0.2) is 39.4 Å². The van der Waals surface area contributed by atoms with Gasteiger partial charge in [-0.2, -0.15) is 5.10 Å². The van der Waals surface area contributed by atoms with E-state index >= 15 is 0 Å². The molecule has 1 aromatic heterocycles. The van der Waals surface area contributed by atoms with E-state index in [9.17, 15) is 5.11 Å². The molecular weight excluding hydrogens is 338 g/mol. The maximum absolute atomic E-state index is 10.1. The Balaban J connectivity index is 1.51. The molecule has 0 atom stereocenters. The third-order valence-electron chi connectivity index (χ3n) is 5.30. The van der Waals surface area contributed by atoms with E-state index in [-0.39, 0.29) is 5.75 Å². The van der Waals surface area contributed by atoms with Crippen LogP contribution in [0.5, 0.6) is 5.75 Å². The summed E-state index contributed by atoms with van der Waals surface area (Å²) in [6.07, 6.45) is 13.4. The monoisotopic (exact) mass is 362 g/mol. The molecule has 5 N–H and O–H groups in total. The molecule has 4 rings (SSSR count). The van der Waals surface area contributed by atoms with Gasteiger partial charge in [-0.15, -0.1) is 6.42 Å². The molecule has 3 heterocycles. The highest BCUT2D eigenvalue weighted by Crippen LogP contribution is 2.29. The van der Waals surface area contributed by atoms with Crippen LogP contribution >= 0.6 is 0 Å². The van der Waals surface area contributed by atoms with E-state index in [4.69, 9.17) is 12.2 Å². The molecule has 27 heavy (non-hydrogen) atoms. The van der Waals surface area contributed by atoms with Gasteiger partial charge in [0.25, 0.3) is 0 Å². The van der Waals surface area contributed by atoms with Crippen molar-refractivity contribution < 1.29 is 10.4 Å². The summed E-state index contributed by atoms with van der Waals surface area (Å²) in [5.41, 5.74) is 9.90. The average Bonchev–Trinajstić information content (AvgIpc) is 3.30. The van der Waals surface area contributed by atoms with Crippen LogP contribution in [0, 0.1) is 12.3 Å². The van der Waals surface area contributed by atoms with Gasteiger partial charge in [0, 0.05) is 30.9 Å². The number of aromatic hydroxyl groups is 1. The van der Waals surface area contributed by atoms with Crippen molar-refractivity contribution in [3.63, 3.8) is 0 Å². The van der Waals surface area contributed by atoms with Crippen molar-refractivity contribution in [1.82, 2.24) is 14.7 Å². The topological polar surface area (TPSA) is 83.9 Å². The second kappa shape index (κ2) is 7.31. The highest BCUT2D eigenvalue weighted by molar-refractivity contribution is 5.85. The molecule has 1 fully saturated rings. The molecule has 138 valence electrons. The summed E-state index contributed by atoms with van der Waals surface area (Å²) in [7, 11) is 0. The minimum absolute atomic E-state index is 0.253. The molecule has 0 saturated carbocycles. The predicted octanol–water partition coefficient (Wildman–Crippen LogP) is 1.10. The number of phenolic OH excluding ortho intramolecular Hbond substituents is 1. The maximum Gasteiger partial charge on any atom is 0.208 e. The number of para-hydroxylation sites is 1. The van der Waals surface area contributed by atoms with Crippen molar-refractivity contribution >= 4 is 11.3 Å². The van der Waals surface area contributed by atoms with Crippen LogP contribution in [0.4, 0.5) is 0 Å². The molecule has 2 aromatic rings. The van der Waals surface area contributed by atoms with Crippen molar-refractivity contribution in [1.29, 1.82) is 0 Å². The summed E-state index contributed by atoms with van der Waals surface area (Å²) >= 11 is 0. The van der Waals surface area contributed by atoms with E-state index in [0.717, 1.165) is 54.9 Å². The first-order valence-electron chi connectivity index (χ1n) is 9.20. The van der Waals surface area contributed by atoms with Gasteiger partial charge in [0.05, 0.1) is 29.9 Å². The summed E-state index contributed by atoms with van der Waals surface area (Å²) in [6, 6.07) is 7.68. The van der Waals surface area contributed by atoms with Crippen molar-refractivity contribution in [2.45, 2.75) is 18.9 Å². The van der Waals surface area contributed by atoms with Gasteiger partial charge in [-0.3, -0.25) is 14.9 Å². The van der Waals surface area contributed by atoms with E-state index in [1.54, 1.807) is 6.07 Å². The molecule has 6 nitrogen and oxygen atoms in total. The number of nitrogens with zero attached hydrogens (tertiary/aromatic N) is 3. The number of quaternary nitrogens is 1. The van der Waals surface area contributed by atoms with Crippen molar-refractivity contribution in [2.24, 2.45) is 5.73 Å². The summed E-state index contributed by atoms with van der Waals surface area (Å²) < 4.78 is 2.05. The van der Waals surface area contributed by atoms with E-state index < -0.39 is 0 Å². The molecule has 2 aliphatic rings. The lowest BCUT2D eigenvalue weighted by Gasteiger charge is -2.30. The summed E-state index contributed by atoms with van der Waals surface area (Å²) in [5, 5.41) is 16.6. The first-order chi connectivity index (χ1) is 13.2. The van der Waals surface area contributed by atoms with Gasteiger partial charge >= 0.3 is 0 Å². The molecular formula is C21H24N5O+. The molecule has 1 saturated heterocycles. The number of nitrogens with two attached hydrogens (primary N) is 2. The van der Waals surface area contributed by atoms with Gasteiger partial charge in [0.1, 0.15) is 11.4 Å². The molecule has 0 aliphatic carbocycles. The lowest BCUT2D eigenvalue weighted by atomic mass is 10.1. The Hall–Kier alpha value is -3.01. The van der Waals surface area contributed by atoms with Crippen LogP contribution in [0.15, 0.2) is 48.6 Å². The van der Waals surface area contributed by atoms with Crippen molar-refractivity contribution in [3.8, 4) is 18.1 Å². The van der Waals surface area contributed by atoms with E-state index in [1.807, 2.05) is 35.8 Å². The summed E-state index contributed by atoms with van der Waals surface area (Å²) in [5.74, 6) is 3.66. The van der Waals surface area contributed by atoms with E-state index in [0.29, 0.717) is 11.9 Å². The Morgan fingerprint density at radius 3 is 2.81 bits per heavy atom. The van der Waals surface area contributed by atoms with E-state index in [1.165, 1.54) is 0 Å². The van der Waals surface area contributed by atoms with Gasteiger partial charge in [-0.05, 0) is 25.0 Å². The Kier molecular flexibility index (Phi) is 4.71. The van der Waals surface area contributed by atoms with Crippen LogP contribution in [0.2, 0.25) is 0 Å². The van der Waals surface area contributed by atoms with Crippen molar-refractivity contribution in [2.75, 3.05) is 19.6 Å². The minimum Gasteiger partial charge on any atom is -0.507 e. The second-order valence-corrected chi connectivity index (χ2v) is 7.05. The van der Waals surface area contributed by atoms with Gasteiger partial charge in [-0.1, -0.05) is 18.1 Å². The number of allylic oxidation sites excluding steroid dienone is 2. The van der Waals surface area contributed by atoms with Gasteiger partial charge in [0.2, 0.25) is 5.82 Å². The fraction of sp³-hybridized carbons (Fsp3) is 0.286. The minimum atomic E-state index is 0.253. The van der Waals surface area contributed by atoms with Gasteiger partial charge in [-0.25, -0.2) is 0 Å². The standard InChI is InChI=1S/C21H23N5O/c1-2-9-25-10-7-16(8-11-25)26-14-15(13-23-26)18-12-19(24-21(18)22)17-5-3-4-6-20(17)27/h1,3-6,12-14,16,24,27H,7-11,22H2/p+1. The van der Waals surface area contributed by atoms with Crippen LogP contribution in [0.3, 0.4) is 0 Å². The zero-order valence-corrected chi connectivity index (χ0v) is 15.2. The third-order valence-corrected chi connectivity index (χ3v) is 5.30. The molecule has 0 spiro atoms. The number of hydrogen-bond acceptors (Lipinski definition) is 4. The van der Waals surface area contributed by atoms with Crippen LogP contribution in [0.25, 0.3) is 11.3 Å². The first-order valence-corrected chi connectivity index (χ1v) is 9.20. The van der Waals surface area contributed by atoms with Crippen LogP contribution in [-0.2, 0) is 0 Å². The third kappa shape index (κ3) is 3.47. The van der Waals surface area contributed by atoms with Crippen LogP contribution in [0.1, 0.15) is 30.0 Å². The number of phenols is 1. The molecule has 1 aromatic carbocycles. The van der Waals surface area contributed by atoms with Gasteiger partial charge in [0.15, 0.2) is 0 Å². The SMILES string of the molecule is C#CCN1CCC(n2cc(C3=C(N)[NH2+]C(c4ccccc4O)=C3)cn2)CC1. The normalized spacial score (nSPS) is 18.6. The smallest absolute Gasteiger partial charge is 0.208 e. The zero-order valence-electron chi connectivity index (χ0n) is 15.2. The van der Waals surface area contributed by atoms with E-state index in [2.05, 4.69) is 26.8 Å². The summed E-state index contributed by atoms with van der Waals surface area (Å²) in [4.78, 5) is 2.30. The highest BCUT2D eigenvalue weighted by Gasteiger charge is 2.25. The number of rotatable bonds is 4. The molecule has 0 radical (unpaired) electrons. The quantitative estimate of drug-likeness (QED) is 0.712. The number of likely N-dealkylation sites (tertiary alicyclic amines) is 1. The number of terminal acetylenes is 1. The van der Waals surface area contributed by atoms with Crippen molar-refractivity contribution in [3.05, 3.63) is 59.7 Å². The number of aromatic nitrogens is 2. The Bertz CT molecular complexity index is 941. The highest BCUT2D eigenvalue weighted by atomic mass is 16.3. The molecule has 0 unspecified atom stereocenters. The zero-order chi connectivity index (χ0) is 18.8. The second-order valence-electron chi connectivity index (χ2n) is 7.05. The fourth-order valence-corrected chi connectivity index (χ4v) is 3.80. The molecule has 6 heteroatoms.